The van der Waals surface area contributed by atoms with Gasteiger partial charge < -0.3 is 18.6 Å². The lowest BCUT2D eigenvalue weighted by Crippen LogP contribution is -2.09. The molecule has 0 aliphatic heterocycles. The maximum atomic E-state index is 11.9. The van der Waals surface area contributed by atoms with Crippen molar-refractivity contribution < 1.29 is 23.4 Å². The van der Waals surface area contributed by atoms with E-state index in [2.05, 4.69) is 0 Å². The number of carbonyl (C=O) groups is 1. The molecule has 1 aromatic carbocycles. The number of methoxy groups -OCH3 is 1. The van der Waals surface area contributed by atoms with Gasteiger partial charge >= 0.3 is 5.97 Å². The molecule has 2 rings (SSSR count). The van der Waals surface area contributed by atoms with Crippen molar-refractivity contribution in [1.82, 2.24) is 0 Å². The topological polar surface area (TPSA) is 57.9 Å². The summed E-state index contributed by atoms with van der Waals surface area (Å²) < 4.78 is 21.2. The molecule has 2 aromatic rings. The number of rotatable bonds is 6. The highest BCUT2D eigenvalue weighted by Crippen LogP contribution is 2.26. The average Bonchev–Trinajstić information content (AvgIpc) is 2.97. The van der Waals surface area contributed by atoms with Crippen LogP contribution in [0.5, 0.6) is 11.5 Å². The summed E-state index contributed by atoms with van der Waals surface area (Å²) in [4.78, 5) is 11.9. The van der Waals surface area contributed by atoms with E-state index >= 15 is 0 Å². The maximum Gasteiger partial charge on any atom is 0.341 e. The minimum atomic E-state index is -0.473. The van der Waals surface area contributed by atoms with Gasteiger partial charge in [0.15, 0.2) is 0 Å². The molecule has 1 aromatic heterocycles. The summed E-state index contributed by atoms with van der Waals surface area (Å²) in [5, 5.41) is 0. The van der Waals surface area contributed by atoms with E-state index in [1.807, 2.05) is 13.8 Å². The Morgan fingerprint density at radius 2 is 2.10 bits per heavy atom. The van der Waals surface area contributed by atoms with Gasteiger partial charge in [-0.25, -0.2) is 4.79 Å². The minimum absolute atomic E-state index is 0.0189. The first-order valence-electron chi connectivity index (χ1n) is 6.64. The van der Waals surface area contributed by atoms with Crippen molar-refractivity contribution in [3.05, 3.63) is 47.9 Å². The molecule has 5 heteroatoms. The Bertz CT molecular complexity index is 587. The van der Waals surface area contributed by atoms with Crippen LogP contribution in [0.4, 0.5) is 0 Å². The number of hydrogen-bond acceptors (Lipinski definition) is 5. The molecular weight excluding hydrogens is 272 g/mol. The van der Waals surface area contributed by atoms with Gasteiger partial charge in [0, 0.05) is 0 Å². The molecule has 112 valence electrons. The van der Waals surface area contributed by atoms with E-state index in [1.165, 1.54) is 7.11 Å². The summed E-state index contributed by atoms with van der Waals surface area (Å²) in [6, 6.07) is 8.63. The highest BCUT2D eigenvalue weighted by Gasteiger charge is 2.15. The van der Waals surface area contributed by atoms with E-state index in [0.29, 0.717) is 22.8 Å². The van der Waals surface area contributed by atoms with Crippen molar-refractivity contribution in [2.75, 3.05) is 7.11 Å². The Hall–Kier alpha value is -2.43. The van der Waals surface area contributed by atoms with Crippen molar-refractivity contribution in [2.24, 2.45) is 0 Å². The molecule has 1 heterocycles. The SMILES string of the molecule is COC(=O)c1cc(OC(C)C)ccc1OCc1ccco1. The number of hydrogen-bond donors (Lipinski definition) is 0. The molecule has 0 bridgehead atoms. The van der Waals surface area contributed by atoms with E-state index in [-0.39, 0.29) is 12.7 Å². The van der Waals surface area contributed by atoms with E-state index in [1.54, 1.807) is 36.6 Å². The molecule has 0 N–H and O–H groups in total. The first kappa shape index (κ1) is 15.0. The quantitative estimate of drug-likeness (QED) is 0.763. The molecule has 0 saturated carbocycles. The zero-order valence-corrected chi connectivity index (χ0v) is 12.3. The summed E-state index contributed by atoms with van der Waals surface area (Å²) in [5.41, 5.74) is 0.321. The molecule has 0 amide bonds. The summed E-state index contributed by atoms with van der Waals surface area (Å²) in [6.45, 7) is 4.07. The Balaban J connectivity index is 2.20. The smallest absolute Gasteiger partial charge is 0.341 e. The Kier molecular flexibility index (Phi) is 4.87. The third-order valence-corrected chi connectivity index (χ3v) is 2.68. The number of esters is 1. The van der Waals surface area contributed by atoms with E-state index in [4.69, 9.17) is 18.6 Å². The van der Waals surface area contributed by atoms with Crippen molar-refractivity contribution in [2.45, 2.75) is 26.6 Å². The molecular formula is C16H18O5. The van der Waals surface area contributed by atoms with E-state index < -0.39 is 5.97 Å². The van der Waals surface area contributed by atoms with E-state index in [9.17, 15) is 4.79 Å². The monoisotopic (exact) mass is 290 g/mol. The summed E-state index contributed by atoms with van der Waals surface area (Å²) >= 11 is 0. The van der Waals surface area contributed by atoms with Crippen LogP contribution in [-0.2, 0) is 11.3 Å². The van der Waals surface area contributed by atoms with E-state index in [0.717, 1.165) is 0 Å². The molecule has 5 nitrogen and oxygen atoms in total. The molecule has 0 aliphatic carbocycles. The van der Waals surface area contributed by atoms with Gasteiger partial charge in [0.2, 0.25) is 0 Å². The fourth-order valence-electron chi connectivity index (χ4n) is 1.79. The van der Waals surface area contributed by atoms with Crippen LogP contribution < -0.4 is 9.47 Å². The van der Waals surface area contributed by atoms with Gasteiger partial charge in [0.1, 0.15) is 29.4 Å². The predicted octanol–water partition coefficient (Wildman–Crippen LogP) is 3.43. The second-order valence-corrected chi connectivity index (χ2v) is 4.68. The van der Waals surface area contributed by atoms with Gasteiger partial charge in [0.05, 0.1) is 19.5 Å². The zero-order valence-electron chi connectivity index (χ0n) is 12.3. The summed E-state index contributed by atoms with van der Waals surface area (Å²) in [6.07, 6.45) is 1.59. The van der Waals surface area contributed by atoms with Gasteiger partial charge in [-0.05, 0) is 44.2 Å². The standard InChI is InChI=1S/C16H18O5/c1-11(2)21-12-6-7-15(14(9-12)16(17)18-3)20-10-13-5-4-8-19-13/h4-9,11H,10H2,1-3H3. The molecule has 21 heavy (non-hydrogen) atoms. The average molecular weight is 290 g/mol. The largest absolute Gasteiger partial charge is 0.491 e. The van der Waals surface area contributed by atoms with Gasteiger partial charge in [-0.15, -0.1) is 0 Å². The van der Waals surface area contributed by atoms with Crippen molar-refractivity contribution in [1.29, 1.82) is 0 Å². The van der Waals surface area contributed by atoms with Gasteiger partial charge in [-0.2, -0.15) is 0 Å². The minimum Gasteiger partial charge on any atom is -0.491 e. The van der Waals surface area contributed by atoms with Gasteiger partial charge in [-0.3, -0.25) is 0 Å². The second-order valence-electron chi connectivity index (χ2n) is 4.68. The van der Waals surface area contributed by atoms with Crippen LogP contribution in [0.25, 0.3) is 0 Å². The van der Waals surface area contributed by atoms with Crippen LogP contribution >= 0.6 is 0 Å². The van der Waals surface area contributed by atoms with Crippen molar-refractivity contribution >= 4 is 5.97 Å². The number of furan rings is 1. The Morgan fingerprint density at radius 1 is 1.29 bits per heavy atom. The highest BCUT2D eigenvalue weighted by molar-refractivity contribution is 5.92. The molecule has 0 aliphatic rings. The molecule has 0 atom stereocenters. The first-order valence-corrected chi connectivity index (χ1v) is 6.64. The Labute approximate surface area is 123 Å². The van der Waals surface area contributed by atoms with Crippen molar-refractivity contribution in [3.63, 3.8) is 0 Å². The summed E-state index contributed by atoms with van der Waals surface area (Å²) in [5.74, 6) is 1.22. The zero-order chi connectivity index (χ0) is 15.2. The molecule has 0 spiro atoms. The predicted molar refractivity (Wildman–Crippen MR) is 76.6 cm³/mol. The summed E-state index contributed by atoms with van der Waals surface area (Å²) in [7, 11) is 1.33. The van der Waals surface area contributed by atoms with Crippen LogP contribution in [0.3, 0.4) is 0 Å². The normalized spacial score (nSPS) is 10.5. The fourth-order valence-corrected chi connectivity index (χ4v) is 1.79. The Morgan fingerprint density at radius 3 is 2.71 bits per heavy atom. The van der Waals surface area contributed by atoms with Gasteiger partial charge in [0.25, 0.3) is 0 Å². The van der Waals surface area contributed by atoms with Crippen LogP contribution in [-0.4, -0.2) is 19.2 Å². The van der Waals surface area contributed by atoms with Gasteiger partial charge in [-0.1, -0.05) is 0 Å². The van der Waals surface area contributed by atoms with Crippen molar-refractivity contribution in [3.8, 4) is 11.5 Å². The second kappa shape index (κ2) is 6.83. The first-order chi connectivity index (χ1) is 10.1. The maximum absolute atomic E-state index is 11.9. The lowest BCUT2D eigenvalue weighted by Gasteiger charge is -2.13. The number of ether oxygens (including phenoxy) is 3. The molecule has 0 fully saturated rings. The third-order valence-electron chi connectivity index (χ3n) is 2.68. The third kappa shape index (κ3) is 4.02. The van der Waals surface area contributed by atoms with Crippen LogP contribution in [0.15, 0.2) is 41.0 Å². The lowest BCUT2D eigenvalue weighted by atomic mass is 10.2. The molecule has 0 radical (unpaired) electrons. The van der Waals surface area contributed by atoms with Crippen LogP contribution in [0, 0.1) is 0 Å². The molecule has 0 saturated heterocycles. The number of carbonyl (C=O) groups excluding carboxylic acids is 1. The number of benzene rings is 1. The lowest BCUT2D eigenvalue weighted by molar-refractivity contribution is 0.0594. The molecule has 0 unspecified atom stereocenters. The highest BCUT2D eigenvalue weighted by atomic mass is 16.5. The van der Waals surface area contributed by atoms with Crippen LogP contribution in [0.1, 0.15) is 30.0 Å². The van der Waals surface area contributed by atoms with Crippen LogP contribution in [0.2, 0.25) is 0 Å². The fraction of sp³-hybridized carbons (Fsp3) is 0.312.